The number of nitrogens with zero attached hydrogens (tertiary/aromatic N) is 2. The van der Waals surface area contributed by atoms with Crippen molar-refractivity contribution in [3.63, 3.8) is 0 Å². The monoisotopic (exact) mass is 276 g/mol. The van der Waals surface area contributed by atoms with Crippen LogP contribution in [0, 0.1) is 13.8 Å². The highest BCUT2D eigenvalue weighted by atomic mass is 16.4. The number of carboxylic acids is 1. The summed E-state index contributed by atoms with van der Waals surface area (Å²) < 4.78 is 0. The molecule has 1 aromatic carbocycles. The van der Waals surface area contributed by atoms with Crippen LogP contribution in [0.2, 0.25) is 0 Å². The maximum absolute atomic E-state index is 12.0. The molecular weight excluding hydrogens is 256 g/mol. The maximum Gasteiger partial charge on any atom is 0.305 e. The number of hydrogen-bond acceptors (Lipinski definition) is 3. The Labute approximate surface area is 118 Å². The first-order valence-electron chi connectivity index (χ1n) is 6.75. The lowest BCUT2D eigenvalue weighted by atomic mass is 10.0. The van der Waals surface area contributed by atoms with E-state index in [0.717, 1.165) is 22.5 Å². The Morgan fingerprint density at radius 3 is 2.70 bits per heavy atom. The molecular formula is C15H20N2O3. The summed E-state index contributed by atoms with van der Waals surface area (Å²) in [5.74, 6) is -0.756. The molecule has 0 unspecified atom stereocenters. The van der Waals surface area contributed by atoms with E-state index in [1.807, 2.05) is 30.9 Å². The van der Waals surface area contributed by atoms with Gasteiger partial charge in [0, 0.05) is 26.6 Å². The van der Waals surface area contributed by atoms with Crippen molar-refractivity contribution in [2.24, 2.45) is 0 Å². The van der Waals surface area contributed by atoms with E-state index in [1.54, 1.807) is 11.9 Å². The molecule has 0 fully saturated rings. The van der Waals surface area contributed by atoms with Gasteiger partial charge in [-0.15, -0.1) is 0 Å². The minimum atomic E-state index is -0.819. The first kappa shape index (κ1) is 14.4. The third-order valence-corrected chi connectivity index (χ3v) is 3.92. The number of anilines is 2. The molecule has 0 saturated heterocycles. The summed E-state index contributed by atoms with van der Waals surface area (Å²) in [6.07, 6.45) is 0.480. The number of amides is 1. The number of carboxylic acid groups (broad SMARTS) is 1. The average molecular weight is 276 g/mol. The summed E-state index contributed by atoms with van der Waals surface area (Å²) in [6.45, 7) is 5.03. The van der Waals surface area contributed by atoms with Gasteiger partial charge in [0.2, 0.25) is 5.91 Å². The van der Waals surface area contributed by atoms with Gasteiger partial charge in [-0.05, 0) is 31.0 Å². The van der Waals surface area contributed by atoms with Crippen molar-refractivity contribution in [2.75, 3.05) is 29.9 Å². The van der Waals surface area contributed by atoms with Crippen LogP contribution >= 0.6 is 0 Å². The fraction of sp³-hybridized carbons (Fsp3) is 0.467. The van der Waals surface area contributed by atoms with Crippen molar-refractivity contribution in [3.8, 4) is 0 Å². The Balaban J connectivity index is 2.47. The van der Waals surface area contributed by atoms with Crippen LogP contribution in [0.1, 0.15) is 24.0 Å². The van der Waals surface area contributed by atoms with Gasteiger partial charge in [-0.3, -0.25) is 9.59 Å². The van der Waals surface area contributed by atoms with E-state index in [0.29, 0.717) is 19.5 Å². The van der Waals surface area contributed by atoms with Crippen LogP contribution < -0.4 is 9.80 Å². The molecule has 0 aromatic heterocycles. The number of aliphatic carboxylic acids is 1. The molecule has 2 rings (SSSR count). The molecule has 0 atom stereocenters. The molecule has 0 saturated carbocycles. The van der Waals surface area contributed by atoms with Crippen LogP contribution in [0.25, 0.3) is 0 Å². The van der Waals surface area contributed by atoms with Crippen LogP contribution in [-0.2, 0) is 9.59 Å². The SMILES string of the molecule is Cc1ccc2c(c1C)N(CCC(=O)O)CCC(=O)N2C. The summed E-state index contributed by atoms with van der Waals surface area (Å²) in [4.78, 5) is 26.5. The summed E-state index contributed by atoms with van der Waals surface area (Å²) in [5.41, 5.74) is 4.10. The number of rotatable bonds is 3. The Morgan fingerprint density at radius 1 is 1.35 bits per heavy atom. The predicted molar refractivity (Wildman–Crippen MR) is 78.4 cm³/mol. The van der Waals surface area contributed by atoms with Gasteiger partial charge < -0.3 is 14.9 Å². The maximum atomic E-state index is 12.0. The molecule has 5 nitrogen and oxygen atoms in total. The second-order valence-corrected chi connectivity index (χ2v) is 5.21. The number of carbonyl (C=O) groups is 2. The molecule has 1 heterocycles. The molecule has 5 heteroatoms. The van der Waals surface area contributed by atoms with Crippen LogP contribution in [0.5, 0.6) is 0 Å². The minimum Gasteiger partial charge on any atom is -0.481 e. The molecule has 1 aliphatic heterocycles. The second kappa shape index (κ2) is 5.53. The van der Waals surface area contributed by atoms with Gasteiger partial charge >= 0.3 is 5.97 Å². The lowest BCUT2D eigenvalue weighted by Gasteiger charge is -2.27. The van der Waals surface area contributed by atoms with Gasteiger partial charge in [0.05, 0.1) is 17.8 Å². The zero-order valence-electron chi connectivity index (χ0n) is 12.1. The van der Waals surface area contributed by atoms with Crippen molar-refractivity contribution in [1.29, 1.82) is 0 Å². The standard InChI is InChI=1S/C15H20N2O3/c1-10-4-5-12-15(11(10)2)17(9-7-14(19)20)8-6-13(18)16(12)3/h4-5H,6-9H2,1-3H3,(H,19,20). The van der Waals surface area contributed by atoms with Gasteiger partial charge in [-0.25, -0.2) is 0 Å². The van der Waals surface area contributed by atoms with Crippen LogP contribution in [0.4, 0.5) is 11.4 Å². The quantitative estimate of drug-likeness (QED) is 0.916. The molecule has 1 aliphatic rings. The molecule has 1 amide bonds. The summed E-state index contributed by atoms with van der Waals surface area (Å²) in [7, 11) is 1.77. The smallest absolute Gasteiger partial charge is 0.305 e. The number of fused-ring (bicyclic) bond motifs is 1. The average Bonchev–Trinajstić information content (AvgIpc) is 2.52. The van der Waals surface area contributed by atoms with Gasteiger partial charge in [-0.2, -0.15) is 0 Å². The fourth-order valence-electron chi connectivity index (χ4n) is 2.56. The number of hydrogen-bond donors (Lipinski definition) is 1. The van der Waals surface area contributed by atoms with Crippen LogP contribution in [0.3, 0.4) is 0 Å². The van der Waals surface area contributed by atoms with Crippen molar-refractivity contribution < 1.29 is 14.7 Å². The van der Waals surface area contributed by atoms with Crippen LogP contribution in [0.15, 0.2) is 12.1 Å². The topological polar surface area (TPSA) is 60.9 Å². The highest BCUT2D eigenvalue weighted by Gasteiger charge is 2.25. The van der Waals surface area contributed by atoms with E-state index in [1.165, 1.54) is 0 Å². The molecule has 1 N–H and O–H groups in total. The van der Waals surface area contributed by atoms with Gasteiger partial charge in [0.15, 0.2) is 0 Å². The van der Waals surface area contributed by atoms with Crippen molar-refractivity contribution in [1.82, 2.24) is 0 Å². The van der Waals surface area contributed by atoms with Crippen molar-refractivity contribution in [2.45, 2.75) is 26.7 Å². The minimum absolute atomic E-state index is 0.0623. The molecule has 108 valence electrons. The van der Waals surface area contributed by atoms with Gasteiger partial charge in [-0.1, -0.05) is 6.07 Å². The first-order valence-corrected chi connectivity index (χ1v) is 6.75. The number of benzene rings is 1. The fourth-order valence-corrected chi connectivity index (χ4v) is 2.56. The first-order chi connectivity index (χ1) is 9.41. The lowest BCUT2D eigenvalue weighted by molar-refractivity contribution is -0.136. The highest BCUT2D eigenvalue weighted by molar-refractivity contribution is 5.99. The third kappa shape index (κ3) is 2.61. The summed E-state index contributed by atoms with van der Waals surface area (Å²) >= 11 is 0. The molecule has 0 aliphatic carbocycles. The highest BCUT2D eigenvalue weighted by Crippen LogP contribution is 2.36. The summed E-state index contributed by atoms with van der Waals surface area (Å²) in [5, 5.41) is 8.89. The zero-order valence-corrected chi connectivity index (χ0v) is 12.1. The molecule has 0 bridgehead atoms. The molecule has 20 heavy (non-hydrogen) atoms. The van der Waals surface area contributed by atoms with E-state index in [9.17, 15) is 9.59 Å². The van der Waals surface area contributed by atoms with E-state index in [4.69, 9.17) is 5.11 Å². The van der Waals surface area contributed by atoms with Gasteiger partial charge in [0.1, 0.15) is 0 Å². The van der Waals surface area contributed by atoms with E-state index in [-0.39, 0.29) is 12.3 Å². The summed E-state index contributed by atoms with van der Waals surface area (Å²) in [6, 6.07) is 3.94. The van der Waals surface area contributed by atoms with Crippen molar-refractivity contribution in [3.05, 3.63) is 23.3 Å². The van der Waals surface area contributed by atoms with Crippen LogP contribution in [-0.4, -0.2) is 37.1 Å². The number of carbonyl (C=O) groups excluding carboxylic acids is 1. The number of aryl methyl sites for hydroxylation is 1. The lowest BCUT2D eigenvalue weighted by Crippen LogP contribution is -2.28. The van der Waals surface area contributed by atoms with E-state index < -0.39 is 5.97 Å². The molecule has 1 aromatic rings. The Hall–Kier alpha value is -2.04. The molecule has 0 radical (unpaired) electrons. The Morgan fingerprint density at radius 2 is 2.05 bits per heavy atom. The van der Waals surface area contributed by atoms with E-state index in [2.05, 4.69) is 0 Å². The Kier molecular flexibility index (Phi) is 3.97. The van der Waals surface area contributed by atoms with E-state index >= 15 is 0 Å². The van der Waals surface area contributed by atoms with Crippen molar-refractivity contribution >= 4 is 23.3 Å². The van der Waals surface area contributed by atoms with Gasteiger partial charge in [0.25, 0.3) is 0 Å². The normalized spacial score (nSPS) is 15.1. The zero-order chi connectivity index (χ0) is 14.9. The Bertz CT molecular complexity index is 554. The second-order valence-electron chi connectivity index (χ2n) is 5.21. The predicted octanol–water partition coefficient (Wildman–Crippen LogP) is 1.95. The largest absolute Gasteiger partial charge is 0.481 e. The molecule has 0 spiro atoms. The third-order valence-electron chi connectivity index (χ3n) is 3.92.